The Morgan fingerprint density at radius 2 is 1.73 bits per heavy atom. The van der Waals surface area contributed by atoms with Gasteiger partial charge in [0.2, 0.25) is 0 Å². The third-order valence-electron chi connectivity index (χ3n) is 5.09. The van der Waals surface area contributed by atoms with Gasteiger partial charge in [0.05, 0.1) is 10.6 Å². The quantitative estimate of drug-likeness (QED) is 0.576. The standard InChI is InChI=1S/C21H26F2N4O2S/c1-24-21(25-10-9-16-3-6-18(7-4-16)30(2,28)29)27-13-11-26(12-14-27)20-15-17(22)5-8-19(20)23/h3-8,15H,9-14H2,1-2H3,(H,24,25). The summed E-state index contributed by atoms with van der Waals surface area (Å²) in [5.41, 5.74) is 1.31. The van der Waals surface area contributed by atoms with Crippen molar-refractivity contribution in [3.8, 4) is 0 Å². The van der Waals surface area contributed by atoms with Crippen molar-refractivity contribution in [3.63, 3.8) is 0 Å². The van der Waals surface area contributed by atoms with Crippen molar-refractivity contribution in [2.45, 2.75) is 11.3 Å². The largest absolute Gasteiger partial charge is 0.366 e. The molecule has 6 nitrogen and oxygen atoms in total. The molecule has 0 unspecified atom stereocenters. The monoisotopic (exact) mass is 436 g/mol. The van der Waals surface area contributed by atoms with Crippen LogP contribution in [-0.4, -0.2) is 65.3 Å². The number of hydrogen-bond acceptors (Lipinski definition) is 4. The number of guanidine groups is 1. The van der Waals surface area contributed by atoms with Crippen LogP contribution in [0, 0.1) is 11.6 Å². The Morgan fingerprint density at radius 1 is 1.07 bits per heavy atom. The predicted molar refractivity (Wildman–Crippen MR) is 115 cm³/mol. The highest BCUT2D eigenvalue weighted by atomic mass is 32.2. The molecule has 9 heteroatoms. The van der Waals surface area contributed by atoms with Gasteiger partial charge in [-0.3, -0.25) is 4.99 Å². The van der Waals surface area contributed by atoms with Gasteiger partial charge in [-0.05, 0) is 36.2 Å². The Bertz CT molecular complexity index is 1000. The van der Waals surface area contributed by atoms with Gasteiger partial charge in [0, 0.05) is 52.1 Å². The summed E-state index contributed by atoms with van der Waals surface area (Å²) in [7, 11) is -1.48. The van der Waals surface area contributed by atoms with Gasteiger partial charge >= 0.3 is 0 Å². The van der Waals surface area contributed by atoms with E-state index in [2.05, 4.69) is 15.2 Å². The second kappa shape index (κ2) is 9.42. The summed E-state index contributed by atoms with van der Waals surface area (Å²) in [6.45, 7) is 3.04. The van der Waals surface area contributed by atoms with Gasteiger partial charge in [0.1, 0.15) is 11.6 Å². The van der Waals surface area contributed by atoms with Gasteiger partial charge in [-0.15, -0.1) is 0 Å². The Hall–Kier alpha value is -2.68. The van der Waals surface area contributed by atoms with Crippen molar-refractivity contribution in [2.24, 2.45) is 4.99 Å². The van der Waals surface area contributed by atoms with E-state index >= 15 is 0 Å². The zero-order valence-corrected chi connectivity index (χ0v) is 17.9. The summed E-state index contributed by atoms with van der Waals surface area (Å²) < 4.78 is 50.5. The average Bonchev–Trinajstić information content (AvgIpc) is 2.73. The SMILES string of the molecule is CN=C(NCCc1ccc(S(C)(=O)=O)cc1)N1CCN(c2cc(F)ccc2F)CC1. The summed E-state index contributed by atoms with van der Waals surface area (Å²) in [6.07, 6.45) is 1.91. The molecular formula is C21H26F2N4O2S. The molecule has 1 fully saturated rings. The molecule has 0 atom stereocenters. The molecule has 0 radical (unpaired) electrons. The highest BCUT2D eigenvalue weighted by Crippen LogP contribution is 2.22. The normalized spacial score (nSPS) is 15.4. The van der Waals surface area contributed by atoms with Gasteiger partial charge < -0.3 is 15.1 Å². The van der Waals surface area contributed by atoms with Crippen LogP contribution in [0.4, 0.5) is 14.5 Å². The van der Waals surface area contributed by atoms with Gasteiger partial charge in [-0.25, -0.2) is 17.2 Å². The molecule has 2 aromatic rings. The first-order valence-electron chi connectivity index (χ1n) is 9.72. The van der Waals surface area contributed by atoms with E-state index in [-0.39, 0.29) is 5.69 Å². The van der Waals surface area contributed by atoms with Crippen LogP contribution in [0.3, 0.4) is 0 Å². The van der Waals surface area contributed by atoms with Crippen molar-refractivity contribution in [3.05, 3.63) is 59.7 Å². The Morgan fingerprint density at radius 3 is 2.33 bits per heavy atom. The summed E-state index contributed by atoms with van der Waals surface area (Å²) in [4.78, 5) is 8.55. The maximum absolute atomic E-state index is 14.0. The number of halogens is 2. The molecule has 3 rings (SSSR count). The first-order valence-corrected chi connectivity index (χ1v) is 11.6. The van der Waals surface area contributed by atoms with Crippen molar-refractivity contribution in [2.75, 3.05) is 50.9 Å². The smallest absolute Gasteiger partial charge is 0.193 e. The topological polar surface area (TPSA) is 65.0 Å². The number of aliphatic imine (C=N–C) groups is 1. The number of piperazine rings is 1. The lowest BCUT2D eigenvalue weighted by molar-refractivity contribution is 0.371. The highest BCUT2D eigenvalue weighted by molar-refractivity contribution is 7.90. The van der Waals surface area contributed by atoms with Crippen LogP contribution in [0.1, 0.15) is 5.56 Å². The lowest BCUT2D eigenvalue weighted by atomic mass is 10.1. The summed E-state index contributed by atoms with van der Waals surface area (Å²) in [6, 6.07) is 10.4. The summed E-state index contributed by atoms with van der Waals surface area (Å²) >= 11 is 0. The van der Waals surface area contributed by atoms with Gasteiger partial charge in [0.15, 0.2) is 15.8 Å². The molecule has 30 heavy (non-hydrogen) atoms. The Labute approximate surface area is 176 Å². The first kappa shape index (κ1) is 22.0. The number of nitrogens with one attached hydrogen (secondary N) is 1. The Kier molecular flexibility index (Phi) is 6.91. The maximum atomic E-state index is 14.0. The molecule has 1 saturated heterocycles. The lowest BCUT2D eigenvalue weighted by Gasteiger charge is -2.37. The van der Waals surface area contributed by atoms with E-state index in [0.717, 1.165) is 30.1 Å². The van der Waals surface area contributed by atoms with E-state index in [9.17, 15) is 17.2 Å². The van der Waals surface area contributed by atoms with Crippen LogP contribution < -0.4 is 10.2 Å². The van der Waals surface area contributed by atoms with E-state index in [1.807, 2.05) is 17.0 Å². The zero-order chi connectivity index (χ0) is 21.7. The molecule has 2 aromatic carbocycles. The van der Waals surface area contributed by atoms with E-state index < -0.39 is 21.5 Å². The summed E-state index contributed by atoms with van der Waals surface area (Å²) in [5, 5.41) is 3.31. The second-order valence-corrected chi connectivity index (χ2v) is 9.23. The third kappa shape index (κ3) is 5.47. The Balaban J connectivity index is 1.51. The van der Waals surface area contributed by atoms with Crippen LogP contribution in [0.15, 0.2) is 52.4 Å². The minimum absolute atomic E-state index is 0.287. The minimum atomic E-state index is -3.19. The number of hydrogen-bond donors (Lipinski definition) is 1. The fourth-order valence-corrected chi connectivity index (χ4v) is 4.07. The maximum Gasteiger partial charge on any atom is 0.193 e. The molecule has 0 spiro atoms. The van der Waals surface area contributed by atoms with Crippen molar-refractivity contribution >= 4 is 21.5 Å². The first-order chi connectivity index (χ1) is 14.3. The van der Waals surface area contributed by atoms with Gasteiger partial charge in [-0.2, -0.15) is 0 Å². The molecular weight excluding hydrogens is 410 g/mol. The number of nitrogens with zero attached hydrogens (tertiary/aromatic N) is 3. The molecule has 162 valence electrons. The van der Waals surface area contributed by atoms with E-state index in [4.69, 9.17) is 0 Å². The highest BCUT2D eigenvalue weighted by Gasteiger charge is 2.22. The predicted octanol–water partition coefficient (Wildman–Crippen LogP) is 2.31. The fraction of sp³-hybridized carbons (Fsp3) is 0.381. The molecule has 0 bridgehead atoms. The van der Waals surface area contributed by atoms with Crippen LogP contribution in [0.25, 0.3) is 0 Å². The molecule has 1 N–H and O–H groups in total. The third-order valence-corrected chi connectivity index (χ3v) is 6.22. The van der Waals surface area contributed by atoms with Crippen molar-refractivity contribution in [1.29, 1.82) is 0 Å². The van der Waals surface area contributed by atoms with Gasteiger partial charge in [0.25, 0.3) is 0 Å². The fourth-order valence-electron chi connectivity index (χ4n) is 3.44. The number of sulfone groups is 1. The number of rotatable bonds is 5. The molecule has 0 amide bonds. The van der Waals surface area contributed by atoms with E-state index in [1.165, 1.54) is 12.3 Å². The minimum Gasteiger partial charge on any atom is -0.366 e. The molecule has 0 saturated carbocycles. The molecule has 1 aliphatic rings. The van der Waals surface area contributed by atoms with Crippen LogP contribution in [0.2, 0.25) is 0 Å². The molecule has 0 aromatic heterocycles. The van der Waals surface area contributed by atoms with Crippen molar-refractivity contribution < 1.29 is 17.2 Å². The summed E-state index contributed by atoms with van der Waals surface area (Å²) in [5.74, 6) is -0.118. The van der Waals surface area contributed by atoms with Gasteiger partial charge in [-0.1, -0.05) is 12.1 Å². The van der Waals surface area contributed by atoms with E-state index in [0.29, 0.717) is 37.6 Å². The second-order valence-electron chi connectivity index (χ2n) is 7.21. The zero-order valence-electron chi connectivity index (χ0n) is 17.1. The van der Waals surface area contributed by atoms with Crippen LogP contribution in [0.5, 0.6) is 0 Å². The lowest BCUT2D eigenvalue weighted by Crippen LogP contribution is -2.53. The number of anilines is 1. The average molecular weight is 437 g/mol. The number of benzene rings is 2. The van der Waals surface area contributed by atoms with Crippen LogP contribution in [-0.2, 0) is 16.3 Å². The molecule has 1 heterocycles. The molecule has 1 aliphatic heterocycles. The van der Waals surface area contributed by atoms with Crippen molar-refractivity contribution in [1.82, 2.24) is 10.2 Å². The van der Waals surface area contributed by atoms with E-state index in [1.54, 1.807) is 19.2 Å². The molecule has 0 aliphatic carbocycles. The van der Waals surface area contributed by atoms with Crippen LogP contribution >= 0.6 is 0 Å².